The van der Waals surface area contributed by atoms with Crippen molar-refractivity contribution in [2.75, 3.05) is 26.2 Å². The number of alkyl halides is 3. The van der Waals surface area contributed by atoms with E-state index in [1.165, 1.54) is 0 Å². The summed E-state index contributed by atoms with van der Waals surface area (Å²) in [6.45, 7) is 4.18. The lowest BCUT2D eigenvalue weighted by atomic mass is 10.1. The molecular formula is C22H21Cl2F3N4O. The number of aryl methyl sites for hydroxylation is 2. The molecule has 1 saturated heterocycles. The van der Waals surface area contributed by atoms with Crippen molar-refractivity contribution in [3.05, 3.63) is 62.4 Å². The van der Waals surface area contributed by atoms with Crippen molar-refractivity contribution in [1.82, 2.24) is 19.8 Å². The summed E-state index contributed by atoms with van der Waals surface area (Å²) in [5.41, 5.74) is 1.42. The molecule has 10 heteroatoms. The number of fused-ring (bicyclic) bond motifs is 1. The van der Waals surface area contributed by atoms with Gasteiger partial charge in [0, 0.05) is 44.7 Å². The van der Waals surface area contributed by atoms with Crippen molar-refractivity contribution in [3.8, 4) is 0 Å². The summed E-state index contributed by atoms with van der Waals surface area (Å²) in [7, 11) is 1.65. The lowest BCUT2D eigenvalue weighted by Gasteiger charge is -2.28. The van der Waals surface area contributed by atoms with E-state index < -0.39 is 11.7 Å². The second-order valence-electron chi connectivity index (χ2n) is 7.85. The molecule has 170 valence electrons. The molecule has 5 nitrogen and oxygen atoms in total. The van der Waals surface area contributed by atoms with Gasteiger partial charge in [0.2, 0.25) is 0 Å². The monoisotopic (exact) mass is 484 g/mol. The number of nitrogens with zero attached hydrogens (tertiary/aromatic N) is 3. The molecule has 0 atom stereocenters. The first kappa shape index (κ1) is 22.9. The SMILES string of the molecule is Cc1cc(C(F)(F)F)cc2c1nc(Cc1c(Cl)ccc(C(=O)N3CCNCC3)c1Cl)n2C. The zero-order valence-electron chi connectivity index (χ0n) is 17.5. The molecule has 0 spiro atoms. The van der Waals surface area contributed by atoms with Gasteiger partial charge in [-0.05, 0) is 42.3 Å². The van der Waals surface area contributed by atoms with Crippen LogP contribution >= 0.6 is 23.2 Å². The maximum Gasteiger partial charge on any atom is 0.416 e. The molecule has 0 radical (unpaired) electrons. The second kappa shape index (κ2) is 8.57. The van der Waals surface area contributed by atoms with E-state index in [4.69, 9.17) is 23.2 Å². The maximum atomic E-state index is 13.3. The number of aromatic nitrogens is 2. The van der Waals surface area contributed by atoms with Gasteiger partial charge in [-0.2, -0.15) is 13.2 Å². The largest absolute Gasteiger partial charge is 0.416 e. The fourth-order valence-electron chi connectivity index (χ4n) is 3.95. The first-order valence-corrected chi connectivity index (χ1v) is 10.8. The van der Waals surface area contributed by atoms with Crippen molar-refractivity contribution in [1.29, 1.82) is 0 Å². The smallest absolute Gasteiger partial charge is 0.336 e. The van der Waals surface area contributed by atoms with Crippen molar-refractivity contribution >= 4 is 40.1 Å². The lowest BCUT2D eigenvalue weighted by molar-refractivity contribution is -0.137. The number of amides is 1. The normalized spacial score (nSPS) is 14.9. The third-order valence-electron chi connectivity index (χ3n) is 5.75. The minimum absolute atomic E-state index is 0.173. The molecule has 0 unspecified atom stereocenters. The second-order valence-corrected chi connectivity index (χ2v) is 8.64. The van der Waals surface area contributed by atoms with E-state index in [9.17, 15) is 18.0 Å². The van der Waals surface area contributed by atoms with E-state index >= 15 is 0 Å². The van der Waals surface area contributed by atoms with Crippen molar-refractivity contribution < 1.29 is 18.0 Å². The number of nitrogens with one attached hydrogen (secondary N) is 1. The minimum atomic E-state index is -4.45. The van der Waals surface area contributed by atoms with Crippen LogP contribution in [0.2, 0.25) is 10.0 Å². The topological polar surface area (TPSA) is 50.2 Å². The van der Waals surface area contributed by atoms with Gasteiger partial charge < -0.3 is 14.8 Å². The molecule has 2 aromatic carbocycles. The Morgan fingerprint density at radius 3 is 2.53 bits per heavy atom. The van der Waals surface area contributed by atoms with E-state index in [1.807, 2.05) is 0 Å². The molecular weight excluding hydrogens is 464 g/mol. The summed E-state index contributed by atoms with van der Waals surface area (Å²) in [4.78, 5) is 19.2. The predicted octanol–water partition coefficient (Wildman–Crippen LogP) is 4.84. The number of carbonyl (C=O) groups excluding carboxylic acids is 1. The molecule has 1 N–H and O–H groups in total. The molecule has 1 aromatic heterocycles. The van der Waals surface area contributed by atoms with Crippen molar-refractivity contribution in [2.45, 2.75) is 19.5 Å². The van der Waals surface area contributed by atoms with E-state index in [-0.39, 0.29) is 17.4 Å². The Morgan fingerprint density at radius 1 is 1.19 bits per heavy atom. The number of rotatable bonds is 3. The van der Waals surface area contributed by atoms with Gasteiger partial charge in [-0.3, -0.25) is 4.79 Å². The fraction of sp³-hybridized carbons (Fsp3) is 0.364. The van der Waals surface area contributed by atoms with Gasteiger partial charge in [0.1, 0.15) is 5.82 Å². The van der Waals surface area contributed by atoms with Crippen LogP contribution in [0, 0.1) is 6.92 Å². The van der Waals surface area contributed by atoms with Gasteiger partial charge in [0.25, 0.3) is 5.91 Å². The quantitative estimate of drug-likeness (QED) is 0.578. The third kappa shape index (κ3) is 4.19. The standard InChI is InChI=1S/C22H21Cl2F3N4O/c1-12-9-13(22(25,26)27)10-17-20(12)29-18(30(17)2)11-15-16(23)4-3-14(19(15)24)21(32)31-7-5-28-6-8-31/h3-4,9-10,28H,5-8,11H2,1-2H3. The van der Waals surface area contributed by atoms with Gasteiger partial charge in [-0.15, -0.1) is 0 Å². The summed E-state index contributed by atoms with van der Waals surface area (Å²) in [6.07, 6.45) is -4.28. The zero-order valence-corrected chi connectivity index (χ0v) is 19.0. The van der Waals surface area contributed by atoms with Crippen LogP contribution in [0.15, 0.2) is 24.3 Å². The molecule has 0 bridgehead atoms. The Kier molecular flexibility index (Phi) is 6.13. The van der Waals surface area contributed by atoms with Crippen LogP contribution in [-0.4, -0.2) is 46.5 Å². The Labute approximate surface area is 193 Å². The van der Waals surface area contributed by atoms with Crippen molar-refractivity contribution in [3.63, 3.8) is 0 Å². The summed E-state index contributed by atoms with van der Waals surface area (Å²) >= 11 is 13.0. The first-order chi connectivity index (χ1) is 15.1. The fourth-order valence-corrected chi connectivity index (χ4v) is 4.53. The van der Waals surface area contributed by atoms with Gasteiger partial charge in [-0.25, -0.2) is 4.98 Å². The van der Waals surface area contributed by atoms with Crippen LogP contribution in [0.1, 0.15) is 32.9 Å². The van der Waals surface area contributed by atoms with E-state index in [2.05, 4.69) is 10.3 Å². The molecule has 2 heterocycles. The Morgan fingerprint density at radius 2 is 1.88 bits per heavy atom. The van der Waals surface area contributed by atoms with Crippen LogP contribution in [0.4, 0.5) is 13.2 Å². The number of imidazole rings is 1. The Bertz CT molecular complexity index is 1200. The molecule has 1 aliphatic heterocycles. The summed E-state index contributed by atoms with van der Waals surface area (Å²) < 4.78 is 41.4. The zero-order chi connectivity index (χ0) is 23.2. The predicted molar refractivity (Wildman–Crippen MR) is 118 cm³/mol. The van der Waals surface area contributed by atoms with Gasteiger partial charge in [-0.1, -0.05) is 23.2 Å². The van der Waals surface area contributed by atoms with Crippen molar-refractivity contribution in [2.24, 2.45) is 7.05 Å². The van der Waals surface area contributed by atoms with Crippen LogP contribution in [0.3, 0.4) is 0 Å². The molecule has 0 aliphatic carbocycles. The van der Waals surface area contributed by atoms with Gasteiger partial charge in [0.05, 0.1) is 27.2 Å². The van der Waals surface area contributed by atoms with Gasteiger partial charge >= 0.3 is 6.18 Å². The van der Waals surface area contributed by atoms with E-state index in [0.29, 0.717) is 64.7 Å². The molecule has 32 heavy (non-hydrogen) atoms. The molecule has 3 aromatic rings. The van der Waals surface area contributed by atoms with Crippen LogP contribution in [-0.2, 0) is 19.6 Å². The summed E-state index contributed by atoms with van der Waals surface area (Å²) in [6, 6.07) is 5.40. The third-order valence-corrected chi connectivity index (χ3v) is 6.54. The number of hydrogen-bond donors (Lipinski definition) is 1. The number of halogens is 5. The highest BCUT2D eigenvalue weighted by Gasteiger charge is 2.32. The first-order valence-electron chi connectivity index (χ1n) is 10.1. The molecule has 1 aliphatic rings. The molecule has 1 fully saturated rings. The lowest BCUT2D eigenvalue weighted by Crippen LogP contribution is -2.46. The highest BCUT2D eigenvalue weighted by molar-refractivity contribution is 6.38. The highest BCUT2D eigenvalue weighted by atomic mass is 35.5. The average molecular weight is 485 g/mol. The minimum Gasteiger partial charge on any atom is -0.336 e. The molecule has 0 saturated carbocycles. The highest BCUT2D eigenvalue weighted by Crippen LogP contribution is 2.35. The van der Waals surface area contributed by atoms with E-state index in [0.717, 1.165) is 12.1 Å². The van der Waals surface area contributed by atoms with Crippen LogP contribution < -0.4 is 5.32 Å². The number of carbonyl (C=O) groups is 1. The van der Waals surface area contributed by atoms with Gasteiger partial charge in [0.15, 0.2) is 0 Å². The average Bonchev–Trinajstić information content (AvgIpc) is 3.07. The van der Waals surface area contributed by atoms with E-state index in [1.54, 1.807) is 35.6 Å². The van der Waals surface area contributed by atoms with Crippen LogP contribution in [0.25, 0.3) is 11.0 Å². The number of benzene rings is 2. The number of piperazine rings is 1. The molecule has 1 amide bonds. The Balaban J connectivity index is 1.73. The summed E-state index contributed by atoms with van der Waals surface area (Å²) in [5.74, 6) is 0.322. The molecule has 4 rings (SSSR count). The van der Waals surface area contributed by atoms with Crippen LogP contribution in [0.5, 0.6) is 0 Å². The summed E-state index contributed by atoms with van der Waals surface area (Å²) in [5, 5.41) is 3.80. The Hall–Kier alpha value is -2.29. The maximum absolute atomic E-state index is 13.3. The number of hydrogen-bond acceptors (Lipinski definition) is 3.